The molecule has 1 aromatic rings. The summed E-state index contributed by atoms with van der Waals surface area (Å²) in [6.07, 6.45) is 0. The van der Waals surface area contributed by atoms with Gasteiger partial charge in [0.25, 0.3) is 0 Å². The van der Waals surface area contributed by atoms with Crippen molar-refractivity contribution in [2.24, 2.45) is 5.92 Å². The first-order valence-electron chi connectivity index (χ1n) is 7.74. The lowest BCUT2D eigenvalue weighted by atomic mass is 9.85. The van der Waals surface area contributed by atoms with Crippen molar-refractivity contribution < 1.29 is 33.1 Å². The predicted octanol–water partition coefficient (Wildman–Crippen LogP) is 1.14. The number of carbonyl (C=O) groups is 3. The van der Waals surface area contributed by atoms with Crippen LogP contribution in [0.15, 0.2) is 33.1 Å². The van der Waals surface area contributed by atoms with E-state index in [0.29, 0.717) is 22.8 Å². The summed E-state index contributed by atoms with van der Waals surface area (Å²) in [6, 6.07) is 1.61. The van der Waals surface area contributed by atoms with Crippen LogP contribution in [-0.4, -0.2) is 37.3 Å². The lowest BCUT2D eigenvalue weighted by Crippen LogP contribution is -2.37. The van der Waals surface area contributed by atoms with Gasteiger partial charge in [0.15, 0.2) is 0 Å². The number of hydrogen-bond donors (Lipinski definition) is 1. The van der Waals surface area contributed by atoms with Gasteiger partial charge in [-0.1, -0.05) is 5.16 Å². The van der Waals surface area contributed by atoms with Crippen LogP contribution in [0.5, 0.6) is 0 Å². The van der Waals surface area contributed by atoms with Crippen molar-refractivity contribution in [1.82, 2.24) is 10.5 Å². The Hall–Kier alpha value is -3.10. The van der Waals surface area contributed by atoms with Crippen LogP contribution in [0.4, 0.5) is 0 Å². The fourth-order valence-corrected chi connectivity index (χ4v) is 2.71. The monoisotopic (exact) mass is 364 g/mol. The molecule has 1 aliphatic rings. The molecule has 0 bridgehead atoms. The Morgan fingerprint density at radius 1 is 1.08 bits per heavy atom. The maximum atomic E-state index is 12.7. The first-order valence-corrected chi connectivity index (χ1v) is 7.74. The molecule has 0 saturated carbocycles. The standard InChI is InChI=1S/C17H20N2O7/c1-8-6-11(19-26-8)7-25-17(22)14-12(15(20)23-4)9(2)18-10(3)13(14)16(21)24-5/h6,14,18H,7H2,1-5H3. The van der Waals surface area contributed by atoms with Crippen molar-refractivity contribution in [3.05, 3.63) is 40.1 Å². The number of ether oxygens (including phenoxy) is 3. The summed E-state index contributed by atoms with van der Waals surface area (Å²) in [5.74, 6) is -3.00. The van der Waals surface area contributed by atoms with Gasteiger partial charge >= 0.3 is 17.9 Å². The third-order valence-electron chi connectivity index (χ3n) is 3.85. The molecule has 1 aromatic heterocycles. The largest absolute Gasteiger partial charge is 0.466 e. The molecule has 0 aliphatic carbocycles. The Morgan fingerprint density at radius 2 is 1.62 bits per heavy atom. The van der Waals surface area contributed by atoms with E-state index in [1.54, 1.807) is 26.8 Å². The Morgan fingerprint density at radius 3 is 2.04 bits per heavy atom. The second kappa shape index (κ2) is 7.85. The van der Waals surface area contributed by atoms with Crippen LogP contribution in [0.2, 0.25) is 0 Å². The summed E-state index contributed by atoms with van der Waals surface area (Å²) in [5.41, 5.74) is 1.16. The number of dihydropyridines is 1. The van der Waals surface area contributed by atoms with Crippen molar-refractivity contribution in [3.63, 3.8) is 0 Å². The molecule has 9 heteroatoms. The van der Waals surface area contributed by atoms with Crippen LogP contribution < -0.4 is 5.32 Å². The smallest absolute Gasteiger partial charge is 0.336 e. The van der Waals surface area contributed by atoms with E-state index in [4.69, 9.17) is 18.7 Å². The fraction of sp³-hybridized carbons (Fsp3) is 0.412. The first-order chi connectivity index (χ1) is 12.3. The molecule has 0 atom stereocenters. The van der Waals surface area contributed by atoms with Crippen LogP contribution in [-0.2, 0) is 35.2 Å². The lowest BCUT2D eigenvalue weighted by Gasteiger charge is -2.28. The molecule has 0 fully saturated rings. The Labute approximate surface area is 149 Å². The van der Waals surface area contributed by atoms with Crippen molar-refractivity contribution >= 4 is 17.9 Å². The van der Waals surface area contributed by atoms with E-state index in [0.717, 1.165) is 0 Å². The summed E-state index contributed by atoms with van der Waals surface area (Å²) in [4.78, 5) is 37.1. The number of esters is 3. The van der Waals surface area contributed by atoms with E-state index in [9.17, 15) is 14.4 Å². The number of aryl methyl sites for hydroxylation is 1. The molecule has 1 N–H and O–H groups in total. The van der Waals surface area contributed by atoms with Crippen LogP contribution in [0.1, 0.15) is 25.3 Å². The summed E-state index contributed by atoms with van der Waals surface area (Å²) in [7, 11) is 2.37. The molecule has 2 heterocycles. The molecule has 0 radical (unpaired) electrons. The van der Waals surface area contributed by atoms with Crippen LogP contribution in [0, 0.1) is 12.8 Å². The molecule has 0 saturated heterocycles. The van der Waals surface area contributed by atoms with Gasteiger partial charge in [0.1, 0.15) is 24.0 Å². The minimum Gasteiger partial charge on any atom is -0.466 e. The van der Waals surface area contributed by atoms with Crippen molar-refractivity contribution in [3.8, 4) is 0 Å². The van der Waals surface area contributed by atoms with Crippen molar-refractivity contribution in [2.45, 2.75) is 27.4 Å². The molecular formula is C17H20N2O7. The Bertz CT molecular complexity index is 766. The molecule has 9 nitrogen and oxygen atoms in total. The zero-order chi connectivity index (χ0) is 19.4. The molecule has 140 valence electrons. The first kappa shape index (κ1) is 19.2. The zero-order valence-electron chi connectivity index (χ0n) is 15.2. The van der Waals surface area contributed by atoms with Gasteiger partial charge in [0, 0.05) is 17.5 Å². The topological polar surface area (TPSA) is 117 Å². The normalized spacial score (nSPS) is 14.8. The number of hydrogen-bond acceptors (Lipinski definition) is 9. The number of methoxy groups -OCH3 is 2. The van der Waals surface area contributed by atoms with Crippen molar-refractivity contribution in [1.29, 1.82) is 0 Å². The lowest BCUT2D eigenvalue weighted by molar-refractivity contribution is -0.152. The number of aromatic nitrogens is 1. The average molecular weight is 364 g/mol. The predicted molar refractivity (Wildman–Crippen MR) is 87.1 cm³/mol. The third kappa shape index (κ3) is 3.76. The Balaban J connectivity index is 2.37. The van der Waals surface area contributed by atoms with Gasteiger partial charge in [-0.2, -0.15) is 0 Å². The SMILES string of the molecule is COC(=O)C1=C(C)NC(C)=C(C(=O)OC)C1C(=O)OCc1cc(C)on1. The summed E-state index contributed by atoms with van der Waals surface area (Å²) < 4.78 is 19.7. The van der Waals surface area contributed by atoms with E-state index in [-0.39, 0.29) is 17.8 Å². The minimum atomic E-state index is -1.27. The molecule has 1 aliphatic heterocycles. The van der Waals surface area contributed by atoms with Gasteiger partial charge in [-0.25, -0.2) is 9.59 Å². The molecule has 2 rings (SSSR count). The number of carbonyl (C=O) groups excluding carboxylic acids is 3. The van der Waals surface area contributed by atoms with Gasteiger partial charge in [0.2, 0.25) is 0 Å². The van der Waals surface area contributed by atoms with Gasteiger partial charge in [-0.15, -0.1) is 0 Å². The highest BCUT2D eigenvalue weighted by molar-refractivity contribution is 6.05. The minimum absolute atomic E-state index is 0.0140. The van der Waals surface area contributed by atoms with Crippen molar-refractivity contribution in [2.75, 3.05) is 14.2 Å². The number of allylic oxidation sites excluding steroid dienone is 2. The highest BCUT2D eigenvalue weighted by atomic mass is 16.5. The zero-order valence-corrected chi connectivity index (χ0v) is 15.2. The quantitative estimate of drug-likeness (QED) is 0.606. The molecule has 0 spiro atoms. The van der Waals surface area contributed by atoms with Gasteiger partial charge in [-0.3, -0.25) is 4.79 Å². The molecule has 0 amide bonds. The van der Waals surface area contributed by atoms with E-state index >= 15 is 0 Å². The van der Waals surface area contributed by atoms with Crippen LogP contribution >= 0.6 is 0 Å². The summed E-state index contributed by atoms with van der Waals surface area (Å²) in [5, 5.41) is 6.63. The second-order valence-electron chi connectivity index (χ2n) is 5.66. The van der Waals surface area contributed by atoms with Gasteiger partial charge in [0.05, 0.1) is 25.4 Å². The maximum absolute atomic E-state index is 12.7. The van der Waals surface area contributed by atoms with E-state index in [1.807, 2.05) is 0 Å². The molecule has 26 heavy (non-hydrogen) atoms. The molecule has 0 unspecified atom stereocenters. The average Bonchev–Trinajstić information content (AvgIpc) is 3.03. The second-order valence-corrected chi connectivity index (χ2v) is 5.66. The van der Waals surface area contributed by atoms with Gasteiger partial charge < -0.3 is 24.1 Å². The van der Waals surface area contributed by atoms with E-state index in [1.165, 1.54) is 14.2 Å². The number of nitrogens with one attached hydrogen (secondary N) is 1. The third-order valence-corrected chi connectivity index (χ3v) is 3.85. The summed E-state index contributed by atoms with van der Waals surface area (Å²) in [6.45, 7) is 4.74. The highest BCUT2D eigenvalue weighted by Gasteiger charge is 2.42. The van der Waals surface area contributed by atoms with Crippen LogP contribution in [0.3, 0.4) is 0 Å². The number of rotatable bonds is 5. The Kier molecular flexibility index (Phi) is 5.81. The van der Waals surface area contributed by atoms with E-state index < -0.39 is 23.8 Å². The molecular weight excluding hydrogens is 344 g/mol. The molecule has 0 aromatic carbocycles. The van der Waals surface area contributed by atoms with Gasteiger partial charge in [-0.05, 0) is 20.8 Å². The van der Waals surface area contributed by atoms with Crippen LogP contribution in [0.25, 0.3) is 0 Å². The maximum Gasteiger partial charge on any atom is 0.336 e. The van der Waals surface area contributed by atoms with E-state index in [2.05, 4.69) is 10.5 Å². The number of nitrogens with zero attached hydrogens (tertiary/aromatic N) is 1. The fourth-order valence-electron chi connectivity index (χ4n) is 2.71. The highest BCUT2D eigenvalue weighted by Crippen LogP contribution is 2.32. The summed E-state index contributed by atoms with van der Waals surface area (Å²) >= 11 is 0.